The number of carbonyl (C=O) groups excluding carboxylic acids is 1. The summed E-state index contributed by atoms with van der Waals surface area (Å²) in [6.07, 6.45) is 4.60. The lowest BCUT2D eigenvalue weighted by Crippen LogP contribution is -2.18. The Morgan fingerprint density at radius 2 is 1.95 bits per heavy atom. The van der Waals surface area contributed by atoms with Gasteiger partial charge in [-0.2, -0.15) is 5.10 Å². The number of hydrogen-bond acceptors (Lipinski definition) is 4. The van der Waals surface area contributed by atoms with Gasteiger partial charge >= 0.3 is 0 Å². The van der Waals surface area contributed by atoms with Crippen molar-refractivity contribution in [2.75, 3.05) is 6.61 Å². The van der Waals surface area contributed by atoms with Gasteiger partial charge in [0.05, 0.1) is 6.21 Å². The molecular formula is C14H13N3O2. The summed E-state index contributed by atoms with van der Waals surface area (Å²) >= 11 is 0. The molecule has 1 N–H and O–H groups in total. The Kier molecular flexibility index (Phi) is 4.64. The van der Waals surface area contributed by atoms with E-state index in [4.69, 9.17) is 4.74 Å². The molecule has 0 radical (unpaired) electrons. The number of pyridine rings is 1. The quantitative estimate of drug-likeness (QED) is 0.655. The van der Waals surface area contributed by atoms with Crippen LogP contribution in [-0.4, -0.2) is 23.7 Å². The van der Waals surface area contributed by atoms with Crippen LogP contribution in [-0.2, 0) is 0 Å². The summed E-state index contributed by atoms with van der Waals surface area (Å²) < 4.78 is 5.38. The standard InChI is InChI=1S/C14H13N3O2/c18-14(12-6-8-15-9-7-12)17-16-10-11-19-13-4-2-1-3-5-13/h1-10H,11H2,(H,17,18)/b16-10+. The van der Waals surface area contributed by atoms with Gasteiger partial charge in [0.2, 0.25) is 0 Å². The number of aromatic nitrogens is 1. The van der Waals surface area contributed by atoms with Gasteiger partial charge in [-0.1, -0.05) is 18.2 Å². The molecule has 96 valence electrons. The molecule has 1 amide bonds. The van der Waals surface area contributed by atoms with E-state index >= 15 is 0 Å². The number of benzene rings is 1. The van der Waals surface area contributed by atoms with Crippen LogP contribution in [0.15, 0.2) is 60.0 Å². The number of nitrogens with zero attached hydrogens (tertiary/aromatic N) is 2. The smallest absolute Gasteiger partial charge is 0.271 e. The third-order valence-electron chi connectivity index (χ3n) is 2.27. The first-order valence-corrected chi connectivity index (χ1v) is 5.76. The number of carbonyl (C=O) groups is 1. The van der Waals surface area contributed by atoms with Gasteiger partial charge in [0, 0.05) is 18.0 Å². The molecule has 0 saturated heterocycles. The van der Waals surface area contributed by atoms with Crippen molar-refractivity contribution in [2.45, 2.75) is 0 Å². The van der Waals surface area contributed by atoms with Crippen molar-refractivity contribution < 1.29 is 9.53 Å². The summed E-state index contributed by atoms with van der Waals surface area (Å²) in [5, 5.41) is 3.79. The highest BCUT2D eigenvalue weighted by Gasteiger charge is 2.01. The fourth-order valence-electron chi connectivity index (χ4n) is 1.36. The first-order chi connectivity index (χ1) is 9.36. The van der Waals surface area contributed by atoms with Crippen LogP contribution >= 0.6 is 0 Å². The van der Waals surface area contributed by atoms with E-state index in [1.165, 1.54) is 6.21 Å². The van der Waals surface area contributed by atoms with Crippen molar-refractivity contribution in [2.24, 2.45) is 5.10 Å². The lowest BCUT2D eigenvalue weighted by atomic mass is 10.3. The predicted molar refractivity (Wildman–Crippen MR) is 72.1 cm³/mol. The maximum Gasteiger partial charge on any atom is 0.271 e. The molecule has 5 heteroatoms. The van der Waals surface area contributed by atoms with Gasteiger partial charge in [0.25, 0.3) is 5.91 Å². The second-order valence-electron chi connectivity index (χ2n) is 3.61. The van der Waals surface area contributed by atoms with E-state index in [1.807, 2.05) is 30.3 Å². The van der Waals surface area contributed by atoms with Crippen LogP contribution in [0.4, 0.5) is 0 Å². The van der Waals surface area contributed by atoms with Crippen molar-refractivity contribution in [1.82, 2.24) is 10.4 Å². The van der Waals surface area contributed by atoms with Crippen molar-refractivity contribution in [1.29, 1.82) is 0 Å². The highest BCUT2D eigenvalue weighted by Crippen LogP contribution is 2.06. The molecule has 0 aliphatic carbocycles. The molecule has 1 aromatic carbocycles. The first-order valence-electron chi connectivity index (χ1n) is 5.76. The molecule has 2 aromatic rings. The Bertz CT molecular complexity index is 541. The molecular weight excluding hydrogens is 242 g/mol. The Morgan fingerprint density at radius 3 is 2.68 bits per heavy atom. The molecule has 1 aromatic heterocycles. The van der Waals surface area contributed by atoms with E-state index in [0.29, 0.717) is 12.2 Å². The topological polar surface area (TPSA) is 63.6 Å². The van der Waals surface area contributed by atoms with Gasteiger partial charge in [0.1, 0.15) is 12.4 Å². The van der Waals surface area contributed by atoms with Gasteiger partial charge in [-0.15, -0.1) is 0 Å². The lowest BCUT2D eigenvalue weighted by Gasteiger charge is -2.01. The fraction of sp³-hybridized carbons (Fsp3) is 0.0714. The summed E-state index contributed by atoms with van der Waals surface area (Å²) in [6.45, 7) is 0.292. The van der Waals surface area contributed by atoms with Gasteiger partial charge in [-0.25, -0.2) is 5.43 Å². The summed E-state index contributed by atoms with van der Waals surface area (Å²) in [5.41, 5.74) is 2.92. The van der Waals surface area contributed by atoms with Gasteiger partial charge in [0.15, 0.2) is 0 Å². The summed E-state index contributed by atoms with van der Waals surface area (Å²) in [5.74, 6) is 0.479. The number of hydrazone groups is 1. The molecule has 0 fully saturated rings. The minimum Gasteiger partial charge on any atom is -0.488 e. The second-order valence-corrected chi connectivity index (χ2v) is 3.61. The number of nitrogens with one attached hydrogen (secondary N) is 1. The van der Waals surface area contributed by atoms with Crippen LogP contribution in [0.1, 0.15) is 10.4 Å². The van der Waals surface area contributed by atoms with Gasteiger partial charge in [-0.3, -0.25) is 9.78 Å². The second kappa shape index (κ2) is 6.90. The average Bonchev–Trinajstić information content (AvgIpc) is 2.49. The summed E-state index contributed by atoms with van der Waals surface area (Å²) in [7, 11) is 0. The number of hydrogen-bond donors (Lipinski definition) is 1. The fourth-order valence-corrected chi connectivity index (χ4v) is 1.36. The van der Waals surface area contributed by atoms with E-state index in [9.17, 15) is 4.79 Å². The van der Waals surface area contributed by atoms with Crippen molar-refractivity contribution in [3.63, 3.8) is 0 Å². The Labute approximate surface area is 110 Å². The van der Waals surface area contributed by atoms with E-state index in [-0.39, 0.29) is 5.91 Å². The van der Waals surface area contributed by atoms with Crippen LogP contribution in [0.5, 0.6) is 5.75 Å². The molecule has 2 rings (SSSR count). The largest absolute Gasteiger partial charge is 0.488 e. The van der Waals surface area contributed by atoms with Gasteiger partial charge < -0.3 is 4.74 Å². The lowest BCUT2D eigenvalue weighted by molar-refractivity contribution is 0.0955. The van der Waals surface area contributed by atoms with Crippen molar-refractivity contribution in [3.8, 4) is 5.75 Å². The van der Waals surface area contributed by atoms with Crippen LogP contribution in [0.2, 0.25) is 0 Å². The van der Waals surface area contributed by atoms with E-state index in [2.05, 4.69) is 15.5 Å². The SMILES string of the molecule is O=C(N/N=C/COc1ccccc1)c1ccncc1. The molecule has 0 spiro atoms. The normalized spacial score (nSPS) is 10.3. The van der Waals surface area contributed by atoms with Crippen LogP contribution < -0.4 is 10.2 Å². The maximum atomic E-state index is 11.6. The molecule has 0 unspecified atom stereocenters. The third-order valence-corrected chi connectivity index (χ3v) is 2.27. The molecule has 0 aliphatic rings. The first kappa shape index (κ1) is 12.8. The zero-order valence-corrected chi connectivity index (χ0v) is 10.2. The molecule has 19 heavy (non-hydrogen) atoms. The maximum absolute atomic E-state index is 11.6. The highest BCUT2D eigenvalue weighted by atomic mass is 16.5. The van der Waals surface area contributed by atoms with Crippen LogP contribution in [0.25, 0.3) is 0 Å². The molecule has 0 atom stereocenters. The molecule has 0 saturated carbocycles. The van der Waals surface area contributed by atoms with E-state index < -0.39 is 0 Å². The van der Waals surface area contributed by atoms with Crippen LogP contribution in [0.3, 0.4) is 0 Å². The third kappa shape index (κ3) is 4.23. The summed E-state index contributed by atoms with van der Waals surface area (Å²) in [4.78, 5) is 15.4. The van der Waals surface area contributed by atoms with Crippen molar-refractivity contribution in [3.05, 3.63) is 60.4 Å². The minimum absolute atomic E-state index is 0.279. The number of rotatable bonds is 5. The Morgan fingerprint density at radius 1 is 1.21 bits per heavy atom. The monoisotopic (exact) mass is 255 g/mol. The average molecular weight is 255 g/mol. The number of amides is 1. The predicted octanol–water partition coefficient (Wildman–Crippen LogP) is 1.88. The minimum atomic E-state index is -0.279. The van der Waals surface area contributed by atoms with E-state index in [0.717, 1.165) is 5.75 Å². The number of ether oxygens (including phenoxy) is 1. The Balaban J connectivity index is 1.74. The van der Waals surface area contributed by atoms with Gasteiger partial charge in [-0.05, 0) is 24.3 Å². The highest BCUT2D eigenvalue weighted by molar-refractivity contribution is 5.94. The van der Waals surface area contributed by atoms with Crippen LogP contribution in [0, 0.1) is 0 Å². The zero-order chi connectivity index (χ0) is 13.3. The summed E-state index contributed by atoms with van der Waals surface area (Å²) in [6, 6.07) is 12.6. The molecule has 1 heterocycles. The molecule has 0 aliphatic heterocycles. The number of para-hydroxylation sites is 1. The van der Waals surface area contributed by atoms with E-state index in [1.54, 1.807) is 24.5 Å². The Hall–Kier alpha value is -2.69. The zero-order valence-electron chi connectivity index (χ0n) is 10.2. The molecule has 5 nitrogen and oxygen atoms in total. The molecule has 0 bridgehead atoms. The van der Waals surface area contributed by atoms with Crippen molar-refractivity contribution >= 4 is 12.1 Å².